The van der Waals surface area contributed by atoms with Crippen LogP contribution in [0.1, 0.15) is 24.3 Å². The zero-order valence-electron chi connectivity index (χ0n) is 18.6. The number of ether oxygens (including phenoxy) is 1. The highest BCUT2D eigenvalue weighted by Gasteiger charge is 2.33. The first kappa shape index (κ1) is 23.4. The number of carbonyl (C=O) groups is 1. The monoisotopic (exact) mass is 524 g/mol. The molecule has 0 bridgehead atoms. The minimum absolute atomic E-state index is 0.285. The molecule has 35 heavy (non-hydrogen) atoms. The van der Waals surface area contributed by atoms with Crippen molar-refractivity contribution >= 4 is 46.6 Å². The van der Waals surface area contributed by atoms with E-state index >= 15 is 0 Å². The Morgan fingerprint density at radius 2 is 1.71 bits per heavy atom. The molecule has 0 saturated carbocycles. The maximum absolute atomic E-state index is 13.6. The number of methoxy groups -OCH3 is 1. The third-order valence-corrected chi connectivity index (χ3v) is 7.13. The van der Waals surface area contributed by atoms with Gasteiger partial charge in [-0.25, -0.2) is 9.79 Å². The second-order valence-electron chi connectivity index (χ2n) is 7.83. The van der Waals surface area contributed by atoms with Crippen LogP contribution in [-0.4, -0.2) is 17.6 Å². The molecule has 0 saturated heterocycles. The quantitative estimate of drug-likeness (QED) is 0.353. The van der Waals surface area contributed by atoms with Crippen molar-refractivity contribution in [2.45, 2.75) is 13.0 Å². The van der Waals surface area contributed by atoms with Gasteiger partial charge in [-0.05, 0) is 61.0 Å². The zero-order valence-corrected chi connectivity index (χ0v) is 20.9. The van der Waals surface area contributed by atoms with E-state index in [1.807, 2.05) is 18.2 Å². The van der Waals surface area contributed by atoms with Crippen LogP contribution >= 0.6 is 34.5 Å². The largest absolute Gasteiger partial charge is 0.466 e. The summed E-state index contributed by atoms with van der Waals surface area (Å²) in [6.07, 6.45) is 1.68. The summed E-state index contributed by atoms with van der Waals surface area (Å²) >= 11 is 13.3. The van der Waals surface area contributed by atoms with Crippen molar-refractivity contribution in [2.24, 2.45) is 4.99 Å². The van der Waals surface area contributed by atoms with Gasteiger partial charge in [0.25, 0.3) is 5.56 Å². The number of furan rings is 1. The molecule has 0 spiro atoms. The average Bonchev–Trinajstić information content (AvgIpc) is 3.43. The number of allylic oxidation sites excluding steroid dienone is 1. The van der Waals surface area contributed by atoms with Gasteiger partial charge >= 0.3 is 5.97 Å². The van der Waals surface area contributed by atoms with Crippen molar-refractivity contribution in [2.75, 3.05) is 7.11 Å². The van der Waals surface area contributed by atoms with E-state index in [0.29, 0.717) is 42.2 Å². The highest BCUT2D eigenvalue weighted by atomic mass is 35.5. The van der Waals surface area contributed by atoms with E-state index < -0.39 is 12.0 Å². The Labute approximate surface area is 214 Å². The van der Waals surface area contributed by atoms with Crippen LogP contribution in [0.3, 0.4) is 0 Å². The second-order valence-corrected chi connectivity index (χ2v) is 9.72. The number of benzene rings is 2. The minimum atomic E-state index is -0.695. The van der Waals surface area contributed by atoms with Crippen molar-refractivity contribution in [1.29, 1.82) is 0 Å². The van der Waals surface area contributed by atoms with E-state index in [9.17, 15) is 9.59 Å². The van der Waals surface area contributed by atoms with Gasteiger partial charge in [-0.2, -0.15) is 0 Å². The number of rotatable bonds is 4. The molecule has 3 heterocycles. The highest BCUT2D eigenvalue weighted by Crippen LogP contribution is 2.31. The predicted molar refractivity (Wildman–Crippen MR) is 136 cm³/mol. The SMILES string of the molecule is COC(=O)C1=C(C)N=c2s/c(=C\c3ccc(-c4ccc(Cl)cc4)o3)c(=O)n2[C@H]1c1ccc(Cl)cc1. The predicted octanol–water partition coefficient (Wildman–Crippen LogP) is 4.98. The Balaban J connectivity index is 1.64. The van der Waals surface area contributed by atoms with Gasteiger partial charge in [-0.15, -0.1) is 0 Å². The van der Waals surface area contributed by atoms with Crippen LogP contribution in [0.5, 0.6) is 0 Å². The molecule has 1 aliphatic rings. The maximum Gasteiger partial charge on any atom is 0.338 e. The van der Waals surface area contributed by atoms with E-state index in [4.69, 9.17) is 32.4 Å². The molecule has 0 N–H and O–H groups in total. The van der Waals surface area contributed by atoms with Gasteiger partial charge in [0.15, 0.2) is 4.80 Å². The molecule has 0 aliphatic carbocycles. The molecule has 2 aromatic carbocycles. The summed E-state index contributed by atoms with van der Waals surface area (Å²) in [6.45, 7) is 1.73. The summed E-state index contributed by atoms with van der Waals surface area (Å²) in [4.78, 5) is 31.3. The summed E-state index contributed by atoms with van der Waals surface area (Å²) < 4.78 is 12.9. The Kier molecular flexibility index (Phi) is 6.23. The van der Waals surface area contributed by atoms with Crippen LogP contribution in [0.25, 0.3) is 17.4 Å². The van der Waals surface area contributed by atoms with Gasteiger partial charge in [0.1, 0.15) is 11.5 Å². The fraction of sp³-hybridized carbons (Fsp3) is 0.115. The molecule has 1 aliphatic heterocycles. The molecule has 5 rings (SSSR count). The Hall–Kier alpha value is -3.39. The normalized spacial score (nSPS) is 15.7. The number of hydrogen-bond donors (Lipinski definition) is 0. The standard InChI is InChI=1S/C26H18Cl2N2O4S/c1-14-22(25(32)33-2)23(16-5-9-18(28)10-6-16)30-24(31)21(35-26(30)29-14)13-19-11-12-20(34-19)15-3-7-17(27)8-4-15/h3-13,23H,1-2H3/b21-13-/t23-/m0/s1. The molecule has 2 aromatic heterocycles. The fourth-order valence-electron chi connectivity index (χ4n) is 3.98. The van der Waals surface area contributed by atoms with Gasteiger partial charge < -0.3 is 9.15 Å². The Morgan fingerprint density at radius 1 is 1.06 bits per heavy atom. The summed E-state index contributed by atoms with van der Waals surface area (Å²) in [6, 6.07) is 17.3. The summed E-state index contributed by atoms with van der Waals surface area (Å²) in [7, 11) is 1.31. The lowest BCUT2D eigenvalue weighted by Gasteiger charge is -2.24. The molecular weight excluding hydrogens is 507 g/mol. The zero-order chi connectivity index (χ0) is 24.7. The molecular formula is C26H18Cl2N2O4S. The second kappa shape index (κ2) is 9.34. The van der Waals surface area contributed by atoms with Crippen LogP contribution in [0.4, 0.5) is 0 Å². The smallest absolute Gasteiger partial charge is 0.338 e. The molecule has 0 unspecified atom stereocenters. The number of hydrogen-bond acceptors (Lipinski definition) is 6. The Bertz CT molecular complexity index is 1650. The van der Waals surface area contributed by atoms with Crippen LogP contribution in [-0.2, 0) is 9.53 Å². The van der Waals surface area contributed by atoms with Crippen LogP contribution in [0.2, 0.25) is 10.0 Å². The number of thiazole rings is 1. The molecule has 4 aromatic rings. The molecule has 0 radical (unpaired) electrons. The number of esters is 1. The summed E-state index contributed by atoms with van der Waals surface area (Å²) in [5.74, 6) is 0.634. The summed E-state index contributed by atoms with van der Waals surface area (Å²) in [5, 5.41) is 1.19. The van der Waals surface area contributed by atoms with Crippen molar-refractivity contribution < 1.29 is 13.9 Å². The van der Waals surface area contributed by atoms with Crippen molar-refractivity contribution in [3.05, 3.63) is 113 Å². The first-order valence-electron chi connectivity index (χ1n) is 10.6. The van der Waals surface area contributed by atoms with Crippen molar-refractivity contribution in [3.8, 4) is 11.3 Å². The van der Waals surface area contributed by atoms with Gasteiger partial charge in [0.2, 0.25) is 0 Å². The number of aromatic nitrogens is 1. The maximum atomic E-state index is 13.6. The topological polar surface area (TPSA) is 73.8 Å². The third-order valence-electron chi connectivity index (χ3n) is 5.64. The Morgan fingerprint density at radius 3 is 2.37 bits per heavy atom. The molecule has 1 atom stereocenters. The van der Waals surface area contributed by atoms with Crippen LogP contribution < -0.4 is 14.9 Å². The van der Waals surface area contributed by atoms with E-state index in [1.54, 1.807) is 55.5 Å². The van der Waals surface area contributed by atoms with Gasteiger partial charge in [0.05, 0.1) is 29.0 Å². The molecule has 6 nitrogen and oxygen atoms in total. The minimum Gasteiger partial charge on any atom is -0.466 e. The first-order chi connectivity index (χ1) is 16.9. The van der Waals surface area contributed by atoms with E-state index in [-0.39, 0.29) is 5.56 Å². The number of nitrogens with zero attached hydrogens (tertiary/aromatic N) is 2. The summed E-state index contributed by atoms with van der Waals surface area (Å²) in [5.41, 5.74) is 2.10. The molecule has 176 valence electrons. The van der Waals surface area contributed by atoms with E-state index in [1.165, 1.54) is 23.0 Å². The van der Waals surface area contributed by atoms with E-state index in [2.05, 4.69) is 4.99 Å². The lowest BCUT2D eigenvalue weighted by Crippen LogP contribution is -2.39. The lowest BCUT2D eigenvalue weighted by molar-refractivity contribution is -0.136. The van der Waals surface area contributed by atoms with Crippen molar-refractivity contribution in [3.63, 3.8) is 0 Å². The van der Waals surface area contributed by atoms with Gasteiger partial charge in [-0.1, -0.05) is 46.7 Å². The molecule has 0 fully saturated rings. The highest BCUT2D eigenvalue weighted by molar-refractivity contribution is 7.07. The van der Waals surface area contributed by atoms with Crippen LogP contribution in [0, 0.1) is 0 Å². The van der Waals surface area contributed by atoms with Crippen molar-refractivity contribution in [1.82, 2.24) is 4.57 Å². The van der Waals surface area contributed by atoms with Crippen LogP contribution in [0.15, 0.2) is 86.1 Å². The fourth-order valence-corrected chi connectivity index (χ4v) is 5.26. The van der Waals surface area contributed by atoms with Gasteiger partial charge in [0, 0.05) is 21.7 Å². The molecule has 9 heteroatoms. The third kappa shape index (κ3) is 4.38. The number of carbonyl (C=O) groups excluding carboxylic acids is 1. The lowest BCUT2D eigenvalue weighted by atomic mass is 9.96. The number of halogens is 2. The number of fused-ring (bicyclic) bond motifs is 1. The first-order valence-corrected chi connectivity index (χ1v) is 12.1. The molecule has 0 amide bonds. The van der Waals surface area contributed by atoms with Gasteiger partial charge in [-0.3, -0.25) is 9.36 Å². The van der Waals surface area contributed by atoms with E-state index in [0.717, 1.165) is 11.1 Å². The average molecular weight is 525 g/mol.